The first-order valence-electron chi connectivity index (χ1n) is 8.36. The van der Waals surface area contributed by atoms with Crippen LogP contribution in [0.3, 0.4) is 0 Å². The van der Waals surface area contributed by atoms with Crippen LogP contribution in [0.2, 0.25) is 0 Å². The van der Waals surface area contributed by atoms with E-state index in [0.29, 0.717) is 12.0 Å². The molecule has 2 aliphatic rings. The molecule has 3 rings (SSSR count). The van der Waals surface area contributed by atoms with Gasteiger partial charge >= 0.3 is 0 Å². The van der Waals surface area contributed by atoms with Crippen LogP contribution >= 0.6 is 0 Å². The van der Waals surface area contributed by atoms with Crippen LogP contribution < -0.4 is 11.1 Å². The van der Waals surface area contributed by atoms with E-state index in [4.69, 9.17) is 10.8 Å². The molecule has 0 saturated carbocycles. The van der Waals surface area contributed by atoms with Crippen molar-refractivity contribution < 1.29 is 0 Å². The van der Waals surface area contributed by atoms with Crippen molar-refractivity contribution >= 4 is 0 Å². The molecule has 112 valence electrons. The van der Waals surface area contributed by atoms with Crippen LogP contribution in [-0.2, 0) is 12.8 Å². The molecule has 1 fully saturated rings. The van der Waals surface area contributed by atoms with E-state index in [9.17, 15) is 0 Å². The Balaban J connectivity index is 1.95. The quantitative estimate of drug-likeness (QED) is 0.886. The molecule has 1 aromatic heterocycles. The SMILES string of the molecule is CCc1nn(C2CCNCC2)c2c1C(CCN)CCC2. The Morgan fingerprint density at radius 1 is 1.30 bits per heavy atom. The first-order chi connectivity index (χ1) is 9.85. The maximum atomic E-state index is 5.82. The number of nitrogens with two attached hydrogens (primary N) is 1. The van der Waals surface area contributed by atoms with Gasteiger partial charge in [0.15, 0.2) is 0 Å². The second-order valence-corrected chi connectivity index (χ2v) is 6.25. The molecule has 20 heavy (non-hydrogen) atoms. The van der Waals surface area contributed by atoms with E-state index in [1.54, 1.807) is 11.3 Å². The lowest BCUT2D eigenvalue weighted by Gasteiger charge is -2.28. The van der Waals surface area contributed by atoms with Crippen molar-refractivity contribution in [1.29, 1.82) is 0 Å². The van der Waals surface area contributed by atoms with Gasteiger partial charge in [-0.2, -0.15) is 5.10 Å². The zero-order valence-corrected chi connectivity index (χ0v) is 12.7. The second-order valence-electron chi connectivity index (χ2n) is 6.25. The summed E-state index contributed by atoms with van der Waals surface area (Å²) in [5.41, 5.74) is 10.3. The Labute approximate surface area is 122 Å². The van der Waals surface area contributed by atoms with E-state index in [-0.39, 0.29) is 0 Å². The van der Waals surface area contributed by atoms with Crippen LogP contribution in [0, 0.1) is 0 Å². The summed E-state index contributed by atoms with van der Waals surface area (Å²) in [6, 6.07) is 0.613. The number of nitrogens with one attached hydrogen (secondary N) is 1. The molecule has 0 spiro atoms. The van der Waals surface area contributed by atoms with Gasteiger partial charge in [-0.3, -0.25) is 4.68 Å². The fourth-order valence-electron chi connectivity index (χ4n) is 4.02. The van der Waals surface area contributed by atoms with Gasteiger partial charge in [0, 0.05) is 5.69 Å². The largest absolute Gasteiger partial charge is 0.330 e. The molecule has 4 nitrogen and oxygen atoms in total. The number of rotatable bonds is 4. The first kappa shape index (κ1) is 14.1. The molecule has 1 atom stereocenters. The maximum Gasteiger partial charge on any atom is 0.0659 e. The molecule has 0 bridgehead atoms. The average molecular weight is 276 g/mol. The number of fused-ring (bicyclic) bond motifs is 1. The highest BCUT2D eigenvalue weighted by atomic mass is 15.3. The number of nitrogens with zero attached hydrogens (tertiary/aromatic N) is 2. The van der Waals surface area contributed by atoms with Crippen LogP contribution in [0.1, 0.15) is 67.9 Å². The molecule has 0 aromatic carbocycles. The predicted octanol–water partition coefficient (Wildman–Crippen LogP) is 2.14. The summed E-state index contributed by atoms with van der Waals surface area (Å²) in [6.45, 7) is 5.30. The van der Waals surface area contributed by atoms with Crippen LogP contribution in [0.15, 0.2) is 0 Å². The van der Waals surface area contributed by atoms with Crippen molar-refractivity contribution in [2.75, 3.05) is 19.6 Å². The summed E-state index contributed by atoms with van der Waals surface area (Å²) in [5, 5.41) is 8.47. The van der Waals surface area contributed by atoms with Crippen molar-refractivity contribution in [3.05, 3.63) is 17.0 Å². The Kier molecular flexibility index (Phi) is 4.41. The third kappa shape index (κ3) is 2.51. The van der Waals surface area contributed by atoms with Crippen molar-refractivity contribution in [3.8, 4) is 0 Å². The Morgan fingerprint density at radius 2 is 2.10 bits per heavy atom. The molecule has 1 aromatic rings. The zero-order valence-electron chi connectivity index (χ0n) is 12.7. The minimum atomic E-state index is 0.613. The first-order valence-corrected chi connectivity index (χ1v) is 8.36. The van der Waals surface area contributed by atoms with Gasteiger partial charge in [-0.15, -0.1) is 0 Å². The fraction of sp³-hybridized carbons (Fsp3) is 0.812. The molecule has 0 radical (unpaired) electrons. The summed E-state index contributed by atoms with van der Waals surface area (Å²) >= 11 is 0. The van der Waals surface area contributed by atoms with Crippen LogP contribution in [-0.4, -0.2) is 29.4 Å². The highest BCUT2D eigenvalue weighted by Gasteiger charge is 2.30. The van der Waals surface area contributed by atoms with Gasteiger partial charge < -0.3 is 11.1 Å². The topological polar surface area (TPSA) is 55.9 Å². The molecular formula is C16H28N4. The van der Waals surface area contributed by atoms with Gasteiger partial charge in [-0.25, -0.2) is 0 Å². The van der Waals surface area contributed by atoms with E-state index in [1.807, 2.05) is 0 Å². The molecule has 2 heterocycles. The minimum absolute atomic E-state index is 0.613. The molecule has 4 heteroatoms. The van der Waals surface area contributed by atoms with E-state index >= 15 is 0 Å². The molecule has 1 unspecified atom stereocenters. The number of aryl methyl sites for hydroxylation is 1. The standard InChI is InChI=1S/C16H28N4/c1-2-14-16-12(6-9-17)4-3-5-15(16)20(19-14)13-7-10-18-11-8-13/h12-13,18H,2-11,17H2,1H3. The van der Waals surface area contributed by atoms with Gasteiger partial charge in [0.2, 0.25) is 0 Å². The zero-order chi connectivity index (χ0) is 13.9. The second kappa shape index (κ2) is 6.27. The van der Waals surface area contributed by atoms with E-state index < -0.39 is 0 Å². The van der Waals surface area contributed by atoms with E-state index in [2.05, 4.69) is 16.9 Å². The van der Waals surface area contributed by atoms with Gasteiger partial charge in [-0.05, 0) is 76.1 Å². The van der Waals surface area contributed by atoms with E-state index in [0.717, 1.165) is 32.5 Å². The van der Waals surface area contributed by atoms with Gasteiger partial charge in [0.05, 0.1) is 11.7 Å². The lowest BCUT2D eigenvalue weighted by atomic mass is 9.82. The van der Waals surface area contributed by atoms with Gasteiger partial charge in [-0.1, -0.05) is 6.92 Å². The smallest absolute Gasteiger partial charge is 0.0659 e. The van der Waals surface area contributed by atoms with E-state index in [1.165, 1.54) is 37.8 Å². The lowest BCUT2D eigenvalue weighted by molar-refractivity contribution is 0.330. The Bertz CT molecular complexity index is 446. The lowest BCUT2D eigenvalue weighted by Crippen LogP contribution is -2.31. The van der Waals surface area contributed by atoms with Crippen LogP contribution in [0.25, 0.3) is 0 Å². The average Bonchev–Trinajstić information content (AvgIpc) is 2.88. The van der Waals surface area contributed by atoms with Crippen molar-refractivity contribution in [1.82, 2.24) is 15.1 Å². The number of hydrogen-bond acceptors (Lipinski definition) is 3. The third-order valence-corrected chi connectivity index (χ3v) is 5.01. The Morgan fingerprint density at radius 3 is 2.80 bits per heavy atom. The molecule has 3 N–H and O–H groups in total. The monoisotopic (exact) mass is 276 g/mol. The van der Waals surface area contributed by atoms with Gasteiger partial charge in [0.1, 0.15) is 0 Å². The Hall–Kier alpha value is -0.870. The maximum absolute atomic E-state index is 5.82. The number of piperidine rings is 1. The molecular weight excluding hydrogens is 248 g/mol. The molecule has 1 aliphatic carbocycles. The fourth-order valence-corrected chi connectivity index (χ4v) is 4.02. The minimum Gasteiger partial charge on any atom is -0.330 e. The number of hydrogen-bond donors (Lipinski definition) is 2. The summed E-state index contributed by atoms with van der Waals surface area (Å²) in [5.74, 6) is 0.661. The molecule has 1 saturated heterocycles. The summed E-state index contributed by atoms with van der Waals surface area (Å²) in [4.78, 5) is 0. The highest BCUT2D eigenvalue weighted by Crippen LogP contribution is 2.38. The molecule has 0 amide bonds. The van der Waals surface area contributed by atoms with Crippen molar-refractivity contribution in [2.45, 2.75) is 63.8 Å². The van der Waals surface area contributed by atoms with Gasteiger partial charge in [0.25, 0.3) is 0 Å². The van der Waals surface area contributed by atoms with Crippen molar-refractivity contribution in [2.24, 2.45) is 5.73 Å². The summed E-state index contributed by atoms with van der Waals surface area (Å²) < 4.78 is 2.40. The van der Waals surface area contributed by atoms with Crippen LogP contribution in [0.4, 0.5) is 0 Å². The highest BCUT2D eigenvalue weighted by molar-refractivity contribution is 5.33. The number of aromatic nitrogens is 2. The summed E-state index contributed by atoms with van der Waals surface area (Å²) in [6.07, 6.45) is 8.44. The normalized spacial score (nSPS) is 23.8. The predicted molar refractivity (Wildman–Crippen MR) is 82.1 cm³/mol. The van der Waals surface area contributed by atoms with Crippen molar-refractivity contribution in [3.63, 3.8) is 0 Å². The summed E-state index contributed by atoms with van der Waals surface area (Å²) in [7, 11) is 0. The van der Waals surface area contributed by atoms with Crippen LogP contribution in [0.5, 0.6) is 0 Å². The third-order valence-electron chi connectivity index (χ3n) is 5.01. The molecule has 1 aliphatic heterocycles.